The molecule has 1 aliphatic heterocycles. The summed E-state index contributed by atoms with van der Waals surface area (Å²) < 4.78 is 5.69. The summed E-state index contributed by atoms with van der Waals surface area (Å²) in [5, 5.41) is 0. The topological polar surface area (TPSA) is 9.23 Å². The van der Waals surface area contributed by atoms with Crippen molar-refractivity contribution in [3.05, 3.63) is 0 Å². The molecule has 0 radical (unpaired) electrons. The van der Waals surface area contributed by atoms with Crippen LogP contribution in [0.3, 0.4) is 0 Å². The van der Waals surface area contributed by atoms with Gasteiger partial charge in [0.05, 0.1) is 6.61 Å². The minimum absolute atomic E-state index is 0.455. The van der Waals surface area contributed by atoms with Crippen molar-refractivity contribution in [2.24, 2.45) is 23.2 Å². The number of hydrogen-bond acceptors (Lipinski definition) is 1. The maximum atomic E-state index is 5.69. The molecule has 0 aromatic heterocycles. The Morgan fingerprint density at radius 2 is 1.93 bits per heavy atom. The first-order valence-corrected chi connectivity index (χ1v) is 6.93. The Bertz CT molecular complexity index is 196. The molecule has 0 bridgehead atoms. The smallest absolute Gasteiger partial charge is 0.111 e. The van der Waals surface area contributed by atoms with Gasteiger partial charge in [0.25, 0.3) is 0 Å². The van der Waals surface area contributed by atoms with Crippen molar-refractivity contribution in [2.75, 3.05) is 13.2 Å². The normalized spacial score (nSPS) is 34.7. The van der Waals surface area contributed by atoms with E-state index in [4.69, 9.17) is 4.74 Å². The molecule has 4 unspecified atom stereocenters. The predicted molar refractivity (Wildman–Crippen MR) is 73.1 cm³/mol. The first-order chi connectivity index (χ1) is 6.93. The SMILES string of the molecule is BC(P)C1(C(C)C)CCOCC1C(C)C. The van der Waals surface area contributed by atoms with Crippen LogP contribution in [0, 0.1) is 23.2 Å². The van der Waals surface area contributed by atoms with E-state index < -0.39 is 0 Å². The second-order valence-corrected chi connectivity index (χ2v) is 6.73. The molecule has 3 heteroatoms. The second-order valence-electron chi connectivity index (χ2n) is 5.73. The second kappa shape index (κ2) is 5.19. The van der Waals surface area contributed by atoms with E-state index >= 15 is 0 Å². The van der Waals surface area contributed by atoms with Gasteiger partial charge in [-0.3, -0.25) is 0 Å². The van der Waals surface area contributed by atoms with Gasteiger partial charge in [0.15, 0.2) is 0 Å². The van der Waals surface area contributed by atoms with Gasteiger partial charge in [-0.15, -0.1) is 9.24 Å². The fourth-order valence-corrected chi connectivity index (χ4v) is 4.22. The third-order valence-electron chi connectivity index (χ3n) is 4.39. The highest BCUT2D eigenvalue weighted by Gasteiger charge is 2.46. The zero-order chi connectivity index (χ0) is 11.6. The molecule has 1 nitrogen and oxygen atoms in total. The van der Waals surface area contributed by atoms with E-state index in [1.54, 1.807) is 0 Å². The molecule has 88 valence electrons. The Morgan fingerprint density at radius 1 is 1.33 bits per heavy atom. The molecule has 0 aromatic carbocycles. The van der Waals surface area contributed by atoms with Crippen molar-refractivity contribution in [1.82, 2.24) is 0 Å². The molecular weight excluding hydrogens is 202 g/mol. The monoisotopic (exact) mass is 228 g/mol. The summed E-state index contributed by atoms with van der Waals surface area (Å²) >= 11 is 0. The minimum atomic E-state index is 0.455. The number of hydrogen-bond donors (Lipinski definition) is 0. The van der Waals surface area contributed by atoms with Crippen LogP contribution in [0.5, 0.6) is 0 Å². The van der Waals surface area contributed by atoms with Crippen LogP contribution < -0.4 is 0 Å². The summed E-state index contributed by atoms with van der Waals surface area (Å²) in [7, 11) is 5.39. The van der Waals surface area contributed by atoms with E-state index in [1.165, 1.54) is 6.42 Å². The fraction of sp³-hybridized carbons (Fsp3) is 1.00. The first-order valence-electron chi connectivity index (χ1n) is 6.26. The molecule has 0 N–H and O–H groups in total. The van der Waals surface area contributed by atoms with Gasteiger partial charge in [-0.05, 0) is 35.1 Å². The van der Waals surface area contributed by atoms with Crippen LogP contribution in [0.15, 0.2) is 0 Å². The highest BCUT2D eigenvalue weighted by Crippen LogP contribution is 2.49. The molecule has 1 fully saturated rings. The van der Waals surface area contributed by atoms with E-state index in [0.717, 1.165) is 25.0 Å². The van der Waals surface area contributed by atoms with Gasteiger partial charge >= 0.3 is 0 Å². The molecule has 1 saturated heterocycles. The van der Waals surface area contributed by atoms with Gasteiger partial charge in [0.1, 0.15) is 7.85 Å². The molecule has 0 aromatic rings. The number of rotatable bonds is 3. The molecule has 1 rings (SSSR count). The van der Waals surface area contributed by atoms with Crippen molar-refractivity contribution in [3.63, 3.8) is 0 Å². The maximum Gasteiger partial charge on any atom is 0.111 e. The van der Waals surface area contributed by atoms with Gasteiger partial charge in [0.2, 0.25) is 0 Å². The molecule has 1 heterocycles. The van der Waals surface area contributed by atoms with Crippen LogP contribution in [-0.2, 0) is 4.74 Å². The number of ether oxygens (including phenoxy) is 1. The van der Waals surface area contributed by atoms with Crippen molar-refractivity contribution in [1.29, 1.82) is 0 Å². The Kier molecular flexibility index (Phi) is 4.68. The molecule has 4 atom stereocenters. The summed E-state index contributed by atoms with van der Waals surface area (Å²) in [5.41, 5.74) is 1.13. The summed E-state index contributed by atoms with van der Waals surface area (Å²) in [6, 6.07) is 0. The largest absolute Gasteiger partial charge is 0.381 e. The Labute approximate surface area is 98.3 Å². The van der Waals surface area contributed by atoms with Gasteiger partial charge in [-0.1, -0.05) is 27.7 Å². The zero-order valence-corrected chi connectivity index (χ0v) is 12.1. The minimum Gasteiger partial charge on any atom is -0.381 e. The van der Waals surface area contributed by atoms with E-state index in [-0.39, 0.29) is 0 Å². The maximum absolute atomic E-state index is 5.69. The summed E-state index contributed by atoms with van der Waals surface area (Å²) in [6.45, 7) is 11.3. The highest BCUT2D eigenvalue weighted by molar-refractivity contribution is 7.20. The van der Waals surface area contributed by atoms with Gasteiger partial charge < -0.3 is 4.74 Å². The average molecular weight is 228 g/mol. The van der Waals surface area contributed by atoms with Gasteiger partial charge in [0, 0.05) is 6.61 Å². The molecule has 15 heavy (non-hydrogen) atoms. The van der Waals surface area contributed by atoms with Crippen LogP contribution in [0.25, 0.3) is 0 Å². The lowest BCUT2D eigenvalue weighted by Gasteiger charge is -2.52. The standard InChI is InChI=1S/C12H26BOP/c1-8(2)10-7-14-6-5-12(10,9(3)4)11(13)15/h8-11H,5-7,13,15H2,1-4H3. The van der Waals surface area contributed by atoms with Crippen LogP contribution >= 0.6 is 9.24 Å². The molecular formula is C12H26BOP. The third kappa shape index (κ3) is 2.42. The summed E-state index contributed by atoms with van der Waals surface area (Å²) in [5.74, 6) is 2.16. The molecule has 0 spiro atoms. The third-order valence-corrected chi connectivity index (χ3v) is 5.02. The lowest BCUT2D eigenvalue weighted by atomic mass is 9.56. The van der Waals surface area contributed by atoms with E-state index in [9.17, 15) is 0 Å². The highest BCUT2D eigenvalue weighted by atomic mass is 31.0. The van der Waals surface area contributed by atoms with Gasteiger partial charge in [-0.25, -0.2) is 0 Å². The molecule has 0 amide bonds. The first kappa shape index (κ1) is 13.5. The molecule has 0 aliphatic carbocycles. The van der Waals surface area contributed by atoms with Crippen molar-refractivity contribution >= 4 is 17.1 Å². The lowest BCUT2D eigenvalue weighted by molar-refractivity contribution is -0.0767. The van der Waals surface area contributed by atoms with Crippen LogP contribution in [0.2, 0.25) is 0 Å². The molecule has 0 saturated carbocycles. The van der Waals surface area contributed by atoms with Crippen LogP contribution in [0.4, 0.5) is 0 Å². The van der Waals surface area contributed by atoms with Crippen LogP contribution in [0.1, 0.15) is 34.1 Å². The Hall–Kier alpha value is 0.455. The van der Waals surface area contributed by atoms with Crippen LogP contribution in [-0.4, -0.2) is 26.6 Å². The van der Waals surface area contributed by atoms with Crippen molar-refractivity contribution < 1.29 is 4.74 Å². The predicted octanol–water partition coefficient (Wildman–Crippen LogP) is 2.16. The average Bonchev–Trinajstić information content (AvgIpc) is 2.16. The van der Waals surface area contributed by atoms with Crippen molar-refractivity contribution in [3.8, 4) is 0 Å². The summed E-state index contributed by atoms with van der Waals surface area (Å²) in [4.78, 5) is 0. The van der Waals surface area contributed by atoms with Crippen molar-refractivity contribution in [2.45, 2.75) is 39.7 Å². The fourth-order valence-electron chi connectivity index (χ4n) is 3.42. The lowest BCUT2D eigenvalue weighted by Crippen LogP contribution is -2.51. The van der Waals surface area contributed by atoms with Gasteiger partial charge in [-0.2, -0.15) is 0 Å². The van der Waals surface area contributed by atoms with E-state index in [1.807, 2.05) is 0 Å². The van der Waals surface area contributed by atoms with E-state index in [2.05, 4.69) is 44.8 Å². The Morgan fingerprint density at radius 3 is 2.27 bits per heavy atom. The Balaban J connectivity index is 2.99. The molecule has 1 aliphatic rings. The summed E-state index contributed by atoms with van der Waals surface area (Å²) in [6.07, 6.45) is 1.22. The van der Waals surface area contributed by atoms with E-state index in [0.29, 0.717) is 16.9 Å². The quantitative estimate of drug-likeness (QED) is 0.531. The zero-order valence-electron chi connectivity index (χ0n) is 10.9.